The minimum absolute atomic E-state index is 0.0452. The zero-order valence-corrected chi connectivity index (χ0v) is 13.8. The van der Waals surface area contributed by atoms with E-state index < -0.39 is 0 Å². The van der Waals surface area contributed by atoms with Crippen molar-refractivity contribution in [3.05, 3.63) is 17.5 Å². The van der Waals surface area contributed by atoms with Gasteiger partial charge >= 0.3 is 0 Å². The standard InChI is InChI=1S/C16H25N3O3/c1-11-9-13(18(2)17-11)15(20)19-8-7-16(22-4)6-5-12(21-3)10-14(16)19/h9,12,14H,5-8,10H2,1-4H3/t12?,14?,16-/m1/s1. The number of carbonyl (C=O) groups is 1. The predicted molar refractivity (Wildman–Crippen MR) is 81.8 cm³/mol. The quantitative estimate of drug-likeness (QED) is 0.850. The Kier molecular flexibility index (Phi) is 3.99. The van der Waals surface area contributed by atoms with Gasteiger partial charge in [0.2, 0.25) is 0 Å². The first kappa shape index (κ1) is 15.5. The van der Waals surface area contributed by atoms with Gasteiger partial charge in [-0.25, -0.2) is 0 Å². The molecule has 0 N–H and O–H groups in total. The van der Waals surface area contributed by atoms with Crippen LogP contribution < -0.4 is 0 Å². The molecule has 6 heteroatoms. The second-order valence-electron chi connectivity index (χ2n) is 6.46. The predicted octanol–water partition coefficient (Wildman–Crippen LogP) is 1.53. The van der Waals surface area contributed by atoms with Gasteiger partial charge in [0.25, 0.3) is 5.91 Å². The van der Waals surface area contributed by atoms with Gasteiger partial charge in [-0.1, -0.05) is 0 Å². The highest BCUT2D eigenvalue weighted by Crippen LogP contribution is 2.43. The number of methoxy groups -OCH3 is 2. The zero-order chi connectivity index (χ0) is 15.9. The van der Waals surface area contributed by atoms with E-state index in [4.69, 9.17) is 9.47 Å². The summed E-state index contributed by atoms with van der Waals surface area (Å²) < 4.78 is 13.1. The van der Waals surface area contributed by atoms with E-state index in [2.05, 4.69) is 5.10 Å². The molecule has 2 unspecified atom stereocenters. The van der Waals surface area contributed by atoms with Crippen molar-refractivity contribution in [2.45, 2.75) is 50.4 Å². The van der Waals surface area contributed by atoms with Crippen LogP contribution in [0.4, 0.5) is 0 Å². The van der Waals surface area contributed by atoms with Crippen LogP contribution in [-0.4, -0.2) is 59.1 Å². The number of fused-ring (bicyclic) bond motifs is 1. The van der Waals surface area contributed by atoms with Crippen molar-refractivity contribution in [1.82, 2.24) is 14.7 Å². The molecule has 6 nitrogen and oxygen atoms in total. The molecule has 1 aliphatic carbocycles. The fraction of sp³-hybridized carbons (Fsp3) is 0.750. The normalized spacial score (nSPS) is 31.4. The summed E-state index contributed by atoms with van der Waals surface area (Å²) in [5, 5.41) is 4.29. The Morgan fingerprint density at radius 3 is 2.77 bits per heavy atom. The van der Waals surface area contributed by atoms with Crippen LogP contribution in [0.2, 0.25) is 0 Å². The molecule has 0 aromatic carbocycles. The maximum absolute atomic E-state index is 13.0. The molecule has 22 heavy (non-hydrogen) atoms. The molecule has 1 aromatic rings. The number of likely N-dealkylation sites (tertiary alicyclic amines) is 1. The molecule has 1 saturated heterocycles. The van der Waals surface area contributed by atoms with E-state index >= 15 is 0 Å². The Labute approximate surface area is 131 Å². The van der Waals surface area contributed by atoms with Gasteiger partial charge in [0.15, 0.2) is 0 Å². The van der Waals surface area contributed by atoms with Crippen molar-refractivity contribution in [3.63, 3.8) is 0 Å². The summed E-state index contributed by atoms with van der Waals surface area (Å²) in [7, 11) is 5.33. The second-order valence-corrected chi connectivity index (χ2v) is 6.46. The van der Waals surface area contributed by atoms with Gasteiger partial charge in [0.05, 0.1) is 23.4 Å². The van der Waals surface area contributed by atoms with Crippen molar-refractivity contribution < 1.29 is 14.3 Å². The number of amides is 1. The fourth-order valence-corrected chi connectivity index (χ4v) is 4.08. The van der Waals surface area contributed by atoms with Gasteiger partial charge in [-0.3, -0.25) is 9.48 Å². The third kappa shape index (κ3) is 2.34. The highest BCUT2D eigenvalue weighted by Gasteiger charge is 2.52. The maximum Gasteiger partial charge on any atom is 0.272 e. The molecule has 1 amide bonds. The molecule has 1 aliphatic heterocycles. The second kappa shape index (κ2) is 5.66. The summed E-state index contributed by atoms with van der Waals surface area (Å²) >= 11 is 0. The third-order valence-corrected chi connectivity index (χ3v) is 5.36. The number of aromatic nitrogens is 2. The van der Waals surface area contributed by atoms with Crippen molar-refractivity contribution in [2.24, 2.45) is 7.05 Å². The fourth-order valence-electron chi connectivity index (χ4n) is 4.08. The average molecular weight is 307 g/mol. The molecule has 1 aromatic heterocycles. The van der Waals surface area contributed by atoms with Crippen LogP contribution in [-0.2, 0) is 16.5 Å². The summed E-state index contributed by atoms with van der Waals surface area (Å²) in [4.78, 5) is 14.9. The van der Waals surface area contributed by atoms with Gasteiger partial charge in [-0.15, -0.1) is 0 Å². The van der Waals surface area contributed by atoms with Crippen LogP contribution in [0.3, 0.4) is 0 Å². The molecule has 3 rings (SSSR count). The van der Waals surface area contributed by atoms with E-state index in [1.165, 1.54) is 0 Å². The number of rotatable bonds is 3. The van der Waals surface area contributed by atoms with Crippen molar-refractivity contribution >= 4 is 5.91 Å². The molecule has 122 valence electrons. The van der Waals surface area contributed by atoms with Crippen molar-refractivity contribution in [3.8, 4) is 0 Å². The van der Waals surface area contributed by atoms with Crippen LogP contribution in [0.1, 0.15) is 41.9 Å². The molecular formula is C16H25N3O3. The monoisotopic (exact) mass is 307 g/mol. The van der Waals surface area contributed by atoms with Gasteiger partial charge in [0.1, 0.15) is 5.69 Å². The number of ether oxygens (including phenoxy) is 2. The summed E-state index contributed by atoms with van der Waals surface area (Å²) in [5.41, 5.74) is 1.30. The molecule has 3 atom stereocenters. The first-order valence-corrected chi connectivity index (χ1v) is 7.90. The molecule has 2 aliphatic rings. The van der Waals surface area contributed by atoms with Crippen LogP contribution in [0.25, 0.3) is 0 Å². The smallest absolute Gasteiger partial charge is 0.272 e. The highest BCUT2D eigenvalue weighted by molar-refractivity contribution is 5.93. The first-order valence-electron chi connectivity index (χ1n) is 7.90. The van der Waals surface area contributed by atoms with Gasteiger partial charge in [-0.2, -0.15) is 5.10 Å². The maximum atomic E-state index is 13.0. The minimum Gasteiger partial charge on any atom is -0.381 e. The number of nitrogens with zero attached hydrogens (tertiary/aromatic N) is 3. The molecule has 1 saturated carbocycles. The lowest BCUT2D eigenvalue weighted by Crippen LogP contribution is -2.53. The van der Waals surface area contributed by atoms with E-state index in [9.17, 15) is 4.79 Å². The summed E-state index contributed by atoms with van der Waals surface area (Å²) in [6.45, 7) is 2.64. The SMILES string of the molecule is COC1CC[C@@]2(OC)CCN(C(=O)c3cc(C)nn3C)C2C1. The molecular weight excluding hydrogens is 282 g/mol. The Morgan fingerprint density at radius 1 is 1.41 bits per heavy atom. The molecule has 2 fully saturated rings. The van der Waals surface area contributed by atoms with Crippen LogP contribution in [0.5, 0.6) is 0 Å². The van der Waals surface area contributed by atoms with Crippen LogP contribution >= 0.6 is 0 Å². The van der Waals surface area contributed by atoms with Crippen LogP contribution in [0, 0.1) is 6.92 Å². The van der Waals surface area contributed by atoms with Crippen LogP contribution in [0.15, 0.2) is 6.07 Å². The Hall–Kier alpha value is -1.40. The van der Waals surface area contributed by atoms with Gasteiger partial charge in [-0.05, 0) is 38.7 Å². The number of hydrogen-bond acceptors (Lipinski definition) is 4. The lowest BCUT2D eigenvalue weighted by molar-refractivity contribution is -0.0894. The topological polar surface area (TPSA) is 56.6 Å². The minimum atomic E-state index is -0.210. The largest absolute Gasteiger partial charge is 0.381 e. The highest BCUT2D eigenvalue weighted by atomic mass is 16.5. The summed E-state index contributed by atoms with van der Waals surface area (Å²) in [6.07, 6.45) is 3.88. The molecule has 0 bridgehead atoms. The Balaban J connectivity index is 1.87. The van der Waals surface area contributed by atoms with E-state index in [-0.39, 0.29) is 23.7 Å². The van der Waals surface area contributed by atoms with Gasteiger partial charge in [0, 0.05) is 27.8 Å². The average Bonchev–Trinajstić information content (AvgIpc) is 3.06. The van der Waals surface area contributed by atoms with Gasteiger partial charge < -0.3 is 14.4 Å². The Morgan fingerprint density at radius 2 is 2.18 bits per heavy atom. The lowest BCUT2D eigenvalue weighted by atomic mass is 9.79. The number of hydrogen-bond donors (Lipinski definition) is 0. The van der Waals surface area contributed by atoms with Crippen molar-refractivity contribution in [2.75, 3.05) is 20.8 Å². The van der Waals surface area contributed by atoms with E-state index in [1.54, 1.807) is 18.9 Å². The zero-order valence-electron chi connectivity index (χ0n) is 13.8. The molecule has 0 spiro atoms. The van der Waals surface area contributed by atoms with E-state index in [0.717, 1.165) is 37.9 Å². The summed E-state index contributed by atoms with van der Waals surface area (Å²) in [6, 6.07) is 1.94. The number of aryl methyl sites for hydroxylation is 2. The third-order valence-electron chi connectivity index (χ3n) is 5.36. The molecule has 2 heterocycles. The first-order chi connectivity index (χ1) is 10.5. The molecule has 0 radical (unpaired) electrons. The van der Waals surface area contributed by atoms with Crippen molar-refractivity contribution in [1.29, 1.82) is 0 Å². The number of carbonyl (C=O) groups excluding carboxylic acids is 1. The lowest BCUT2D eigenvalue weighted by Gasteiger charge is -2.43. The Bertz CT molecular complexity index is 571. The summed E-state index contributed by atoms with van der Waals surface area (Å²) in [5.74, 6) is 0.0452. The van der Waals surface area contributed by atoms with E-state index in [1.807, 2.05) is 24.9 Å². The van der Waals surface area contributed by atoms with E-state index in [0.29, 0.717) is 5.69 Å².